The molecule has 234 valence electrons. The van der Waals surface area contributed by atoms with Crippen molar-refractivity contribution >= 4 is 51.6 Å². The number of carbonyl (C=O) groups is 2. The fraction of sp³-hybridized carbons (Fsp3) is 0.212. The molecule has 0 fully saturated rings. The normalized spacial score (nSPS) is 12.9. The molecule has 7 N–H and O–H groups in total. The first-order chi connectivity index (χ1) is 21.7. The summed E-state index contributed by atoms with van der Waals surface area (Å²) in [5.41, 5.74) is 11.4. The number of ketones is 2. The lowest BCUT2D eigenvalue weighted by Gasteiger charge is -2.25. The Bertz CT molecular complexity index is 1810. The van der Waals surface area contributed by atoms with E-state index in [0.29, 0.717) is 28.4 Å². The van der Waals surface area contributed by atoms with Crippen LogP contribution in [0.25, 0.3) is 0 Å². The molecule has 4 aromatic carbocycles. The molecule has 0 aliphatic heterocycles. The zero-order chi connectivity index (χ0) is 32.2. The minimum Gasteiger partial charge on any atom is -0.455 e. The standard InChI is InChI=1S/C33H34N4O6S2/c1-18-16-19(2)33(44-35-12-14-38)20(3)30(18)37-25-17-26(43-21-8-10-22(11-9-21)45(42)36-13-15-39)29(34)28-27(25)31(40)23-6-4-5-7-24(23)32(28)41/h4-11,16-17,35-39H,12-15,34H2,1-3H3. The highest BCUT2D eigenvalue weighted by Gasteiger charge is 2.35. The number of rotatable bonds is 12. The Morgan fingerprint density at radius 3 is 2.16 bits per heavy atom. The number of nitrogen functional groups attached to an aromatic ring is 1. The first kappa shape index (κ1) is 32.4. The van der Waals surface area contributed by atoms with E-state index in [2.05, 4.69) is 14.8 Å². The summed E-state index contributed by atoms with van der Waals surface area (Å²) in [5.74, 6) is -0.161. The zero-order valence-corrected chi connectivity index (χ0v) is 26.7. The number of carbonyl (C=O) groups excluding carboxylic acids is 2. The average Bonchev–Trinajstić information content (AvgIpc) is 3.03. The predicted molar refractivity (Wildman–Crippen MR) is 177 cm³/mol. The molecule has 0 saturated carbocycles. The summed E-state index contributed by atoms with van der Waals surface area (Å²) in [6, 6.07) is 16.8. The molecular weight excluding hydrogens is 613 g/mol. The Hall–Kier alpha value is -4.04. The summed E-state index contributed by atoms with van der Waals surface area (Å²) in [6.07, 6.45) is 0. The van der Waals surface area contributed by atoms with Gasteiger partial charge in [-0.2, -0.15) is 0 Å². The number of hydrogen-bond acceptors (Lipinski definition) is 10. The number of anilines is 3. The van der Waals surface area contributed by atoms with Crippen molar-refractivity contribution in [3.05, 3.63) is 99.6 Å². The maximum Gasteiger partial charge on any atom is 0.196 e. The highest BCUT2D eigenvalue weighted by Crippen LogP contribution is 2.44. The summed E-state index contributed by atoms with van der Waals surface area (Å²) < 4.78 is 24.4. The highest BCUT2D eigenvalue weighted by atomic mass is 32.2. The van der Waals surface area contributed by atoms with Gasteiger partial charge >= 0.3 is 0 Å². The molecule has 0 radical (unpaired) electrons. The molecule has 0 aromatic heterocycles. The number of nitrogens with one attached hydrogen (secondary N) is 3. The van der Waals surface area contributed by atoms with Gasteiger partial charge < -0.3 is 26.0 Å². The number of ether oxygens (including phenoxy) is 1. The van der Waals surface area contributed by atoms with Gasteiger partial charge in [0.15, 0.2) is 17.3 Å². The molecule has 5 rings (SSSR count). The lowest BCUT2D eigenvalue weighted by molar-refractivity contribution is 0.0980. The summed E-state index contributed by atoms with van der Waals surface area (Å²) in [5, 5.41) is 21.7. The number of benzene rings is 4. The zero-order valence-electron chi connectivity index (χ0n) is 25.0. The van der Waals surface area contributed by atoms with Crippen LogP contribution in [-0.4, -0.2) is 52.3 Å². The van der Waals surface area contributed by atoms with E-state index in [1.807, 2.05) is 26.8 Å². The Kier molecular flexibility index (Phi) is 10.0. The van der Waals surface area contributed by atoms with Gasteiger partial charge in [0.05, 0.1) is 40.6 Å². The van der Waals surface area contributed by atoms with Crippen molar-refractivity contribution in [2.24, 2.45) is 0 Å². The third-order valence-corrected chi connectivity index (χ3v) is 9.71. The second-order valence-electron chi connectivity index (χ2n) is 10.4. The molecular formula is C33H34N4O6S2. The number of hydrogen-bond donors (Lipinski definition) is 6. The van der Waals surface area contributed by atoms with Gasteiger partial charge in [0.1, 0.15) is 16.7 Å². The Balaban J connectivity index is 1.61. The maximum atomic E-state index is 14.0. The smallest absolute Gasteiger partial charge is 0.196 e. The van der Waals surface area contributed by atoms with Crippen molar-refractivity contribution in [2.45, 2.75) is 30.6 Å². The van der Waals surface area contributed by atoms with Gasteiger partial charge in [0.2, 0.25) is 0 Å². The first-order valence-corrected chi connectivity index (χ1v) is 16.2. The van der Waals surface area contributed by atoms with Crippen LogP contribution in [0.5, 0.6) is 11.5 Å². The summed E-state index contributed by atoms with van der Waals surface area (Å²) in [4.78, 5) is 29.3. The molecule has 4 aromatic rings. The van der Waals surface area contributed by atoms with E-state index >= 15 is 0 Å². The van der Waals surface area contributed by atoms with Crippen molar-refractivity contribution in [1.29, 1.82) is 0 Å². The Morgan fingerprint density at radius 1 is 0.867 bits per heavy atom. The van der Waals surface area contributed by atoms with Crippen LogP contribution in [-0.2, 0) is 11.0 Å². The molecule has 0 saturated heterocycles. The second kappa shape index (κ2) is 13.9. The monoisotopic (exact) mass is 646 g/mol. The molecule has 1 unspecified atom stereocenters. The van der Waals surface area contributed by atoms with Crippen LogP contribution >= 0.6 is 11.9 Å². The molecule has 1 aliphatic carbocycles. The van der Waals surface area contributed by atoms with Crippen LogP contribution in [0.2, 0.25) is 0 Å². The van der Waals surface area contributed by atoms with Gasteiger partial charge in [-0.3, -0.25) is 14.3 Å². The number of aliphatic hydroxyl groups is 2. The molecule has 1 atom stereocenters. The second-order valence-corrected chi connectivity index (χ2v) is 12.6. The molecule has 45 heavy (non-hydrogen) atoms. The third-order valence-electron chi connectivity index (χ3n) is 7.36. The Morgan fingerprint density at radius 2 is 1.51 bits per heavy atom. The van der Waals surface area contributed by atoms with E-state index in [1.54, 1.807) is 54.6 Å². The minimum absolute atomic E-state index is 0.00121. The fourth-order valence-electron chi connectivity index (χ4n) is 5.28. The van der Waals surface area contributed by atoms with Gasteiger partial charge in [0, 0.05) is 40.9 Å². The lowest BCUT2D eigenvalue weighted by Crippen LogP contribution is -2.24. The molecule has 0 bridgehead atoms. The van der Waals surface area contributed by atoms with E-state index in [9.17, 15) is 18.9 Å². The van der Waals surface area contributed by atoms with Crippen molar-refractivity contribution < 1.29 is 28.7 Å². The van der Waals surface area contributed by atoms with Crippen LogP contribution in [0.4, 0.5) is 17.1 Å². The topological polar surface area (TPSA) is 163 Å². The third kappa shape index (κ3) is 6.52. The molecule has 12 heteroatoms. The molecule has 0 spiro atoms. The quantitative estimate of drug-likeness (QED) is 0.0637. The van der Waals surface area contributed by atoms with Crippen molar-refractivity contribution in [3.8, 4) is 11.5 Å². The van der Waals surface area contributed by atoms with Crippen LogP contribution in [0.3, 0.4) is 0 Å². The SMILES string of the molecule is Cc1cc(C)c(SNCCO)c(C)c1Nc1cc(Oc2ccc(S(=O)NCCO)cc2)c(N)c2c1C(=O)c1ccccc1C2=O. The molecule has 0 amide bonds. The van der Waals surface area contributed by atoms with Gasteiger partial charge in [-0.15, -0.1) is 0 Å². The predicted octanol–water partition coefficient (Wildman–Crippen LogP) is 4.70. The largest absolute Gasteiger partial charge is 0.455 e. The first-order valence-electron chi connectivity index (χ1n) is 14.2. The van der Waals surface area contributed by atoms with Gasteiger partial charge in [-0.1, -0.05) is 30.3 Å². The van der Waals surface area contributed by atoms with Crippen LogP contribution in [0, 0.1) is 20.8 Å². The highest BCUT2D eigenvalue weighted by molar-refractivity contribution is 7.97. The molecule has 1 aliphatic rings. The molecule has 0 heterocycles. The average molecular weight is 647 g/mol. The number of fused-ring (bicyclic) bond motifs is 2. The van der Waals surface area contributed by atoms with E-state index in [1.165, 1.54) is 11.9 Å². The summed E-state index contributed by atoms with van der Waals surface area (Å²) in [6.45, 7) is 6.39. The minimum atomic E-state index is -1.51. The number of aliphatic hydroxyl groups excluding tert-OH is 2. The summed E-state index contributed by atoms with van der Waals surface area (Å²) in [7, 11) is -1.51. The number of aryl methyl sites for hydroxylation is 2. The fourth-order valence-corrected chi connectivity index (χ4v) is 6.92. The van der Waals surface area contributed by atoms with E-state index < -0.39 is 11.0 Å². The summed E-state index contributed by atoms with van der Waals surface area (Å²) >= 11 is 1.41. The van der Waals surface area contributed by atoms with Gasteiger partial charge in [-0.05, 0) is 73.7 Å². The van der Waals surface area contributed by atoms with Crippen LogP contribution in [0.1, 0.15) is 48.5 Å². The van der Waals surface area contributed by atoms with Crippen LogP contribution < -0.4 is 25.2 Å². The van der Waals surface area contributed by atoms with Crippen molar-refractivity contribution in [3.63, 3.8) is 0 Å². The van der Waals surface area contributed by atoms with Crippen molar-refractivity contribution in [2.75, 3.05) is 37.4 Å². The molecule has 10 nitrogen and oxygen atoms in total. The van der Waals surface area contributed by atoms with Crippen LogP contribution in [0.15, 0.2) is 70.5 Å². The van der Waals surface area contributed by atoms with Gasteiger partial charge in [0.25, 0.3) is 0 Å². The van der Waals surface area contributed by atoms with Gasteiger partial charge in [-0.25, -0.2) is 8.93 Å². The number of nitrogens with two attached hydrogens (primary N) is 1. The Labute approximate surface area is 268 Å². The lowest BCUT2D eigenvalue weighted by atomic mass is 9.82. The van der Waals surface area contributed by atoms with E-state index in [0.717, 1.165) is 27.3 Å². The van der Waals surface area contributed by atoms with E-state index in [4.69, 9.17) is 15.6 Å². The van der Waals surface area contributed by atoms with Crippen molar-refractivity contribution in [1.82, 2.24) is 9.44 Å². The van der Waals surface area contributed by atoms with E-state index in [-0.39, 0.29) is 59.5 Å². The maximum absolute atomic E-state index is 14.0.